The summed E-state index contributed by atoms with van der Waals surface area (Å²) in [6.07, 6.45) is 0. The quantitative estimate of drug-likeness (QED) is 0.405. The SMILES string of the molecule is c1c(CN2CCOCCOCCOCCOCCOCC2)cc(CN2CCOCCOCCOCCOCCOCC2)cc1CN1CCOCCOCCOCCOCCOCC1. The molecule has 18 nitrogen and oxygen atoms in total. The Kier molecular flexibility index (Phi) is 34.1. The Balaban J connectivity index is 1.48. The van der Waals surface area contributed by atoms with E-state index in [0.29, 0.717) is 198 Å². The van der Waals surface area contributed by atoms with Crippen molar-refractivity contribution in [3.8, 4) is 0 Å². The van der Waals surface area contributed by atoms with E-state index in [1.54, 1.807) is 0 Å². The molecule has 3 aliphatic rings. The van der Waals surface area contributed by atoms with Crippen molar-refractivity contribution in [2.24, 2.45) is 0 Å². The van der Waals surface area contributed by atoms with Gasteiger partial charge in [-0.2, -0.15) is 0 Å². The zero-order valence-electron chi connectivity index (χ0n) is 38.3. The van der Waals surface area contributed by atoms with E-state index in [0.717, 1.165) is 58.9 Å². The maximum Gasteiger partial charge on any atom is 0.0701 e. The van der Waals surface area contributed by atoms with E-state index in [2.05, 4.69) is 32.9 Å². The molecule has 4 rings (SSSR count). The normalized spacial score (nSPS) is 23.8. The first-order chi connectivity index (χ1) is 31.3. The van der Waals surface area contributed by atoms with Gasteiger partial charge in [0.05, 0.1) is 198 Å². The minimum Gasteiger partial charge on any atom is -0.378 e. The second kappa shape index (κ2) is 39.6. The van der Waals surface area contributed by atoms with Gasteiger partial charge in [-0.05, 0) is 16.7 Å². The van der Waals surface area contributed by atoms with Crippen LogP contribution < -0.4 is 0 Å². The summed E-state index contributed by atoms with van der Waals surface area (Å²) in [6.45, 7) is 23.1. The summed E-state index contributed by atoms with van der Waals surface area (Å²) in [5, 5.41) is 0. The Morgan fingerprint density at radius 1 is 0.206 bits per heavy atom. The molecular weight excluding hydrogens is 823 g/mol. The average molecular weight is 904 g/mol. The standard InChI is InChI=1S/C45H81N3O15/c1-7-49-13-19-55-25-31-61-32-26-56-20-14-50-8-2-46(1)40-43-37-44(41-47-3-9-51-15-21-57-27-33-62-34-28-58-22-16-52-10-4-47)39-45(38-43)42-48-5-11-53-17-23-59-29-35-63-36-30-60-24-18-54-12-6-48/h37-39H,1-36,40-42H2. The highest BCUT2D eigenvalue weighted by Gasteiger charge is 2.15. The van der Waals surface area contributed by atoms with E-state index in [9.17, 15) is 0 Å². The Morgan fingerprint density at radius 3 is 0.476 bits per heavy atom. The van der Waals surface area contributed by atoms with Crippen molar-refractivity contribution in [3.05, 3.63) is 34.9 Å². The molecule has 0 aliphatic carbocycles. The van der Waals surface area contributed by atoms with E-state index in [-0.39, 0.29) is 0 Å². The molecule has 3 heterocycles. The zero-order valence-corrected chi connectivity index (χ0v) is 38.3. The lowest BCUT2D eigenvalue weighted by Gasteiger charge is -2.27. The van der Waals surface area contributed by atoms with Crippen molar-refractivity contribution < 1.29 is 71.1 Å². The van der Waals surface area contributed by atoms with Gasteiger partial charge in [0.2, 0.25) is 0 Å². The molecule has 0 unspecified atom stereocenters. The molecule has 1 aromatic carbocycles. The molecular formula is C45H81N3O15. The van der Waals surface area contributed by atoms with Crippen LogP contribution in [0.4, 0.5) is 0 Å². The van der Waals surface area contributed by atoms with Crippen molar-refractivity contribution in [1.29, 1.82) is 0 Å². The van der Waals surface area contributed by atoms with Gasteiger partial charge in [0.25, 0.3) is 0 Å². The third kappa shape index (κ3) is 30.4. The van der Waals surface area contributed by atoms with E-state index >= 15 is 0 Å². The monoisotopic (exact) mass is 904 g/mol. The average Bonchev–Trinajstić information content (AvgIpc) is 3.28. The Labute approximate surface area is 377 Å². The van der Waals surface area contributed by atoms with Gasteiger partial charge in [-0.3, -0.25) is 14.7 Å². The van der Waals surface area contributed by atoms with Gasteiger partial charge in [0.1, 0.15) is 0 Å². The summed E-state index contributed by atoms with van der Waals surface area (Å²) in [5.74, 6) is 0. The summed E-state index contributed by atoms with van der Waals surface area (Å²) >= 11 is 0. The largest absolute Gasteiger partial charge is 0.378 e. The predicted octanol–water partition coefficient (Wildman–Crippen LogP) is 1.38. The fourth-order valence-electron chi connectivity index (χ4n) is 6.80. The first-order valence-corrected chi connectivity index (χ1v) is 23.3. The molecule has 18 heteroatoms. The Morgan fingerprint density at radius 2 is 0.333 bits per heavy atom. The highest BCUT2D eigenvalue weighted by atomic mass is 16.6. The highest BCUT2D eigenvalue weighted by molar-refractivity contribution is 5.30. The smallest absolute Gasteiger partial charge is 0.0701 e. The minimum atomic E-state index is 0.529. The molecule has 63 heavy (non-hydrogen) atoms. The van der Waals surface area contributed by atoms with Gasteiger partial charge in [0.15, 0.2) is 0 Å². The molecule has 0 radical (unpaired) electrons. The lowest BCUT2D eigenvalue weighted by molar-refractivity contribution is -0.0191. The fraction of sp³-hybridized carbons (Fsp3) is 0.867. The predicted molar refractivity (Wildman–Crippen MR) is 235 cm³/mol. The van der Waals surface area contributed by atoms with Crippen molar-refractivity contribution in [2.75, 3.05) is 237 Å². The highest BCUT2D eigenvalue weighted by Crippen LogP contribution is 2.17. The summed E-state index contributed by atoms with van der Waals surface area (Å²) < 4.78 is 87.0. The van der Waals surface area contributed by atoms with Crippen LogP contribution in [0.15, 0.2) is 18.2 Å². The van der Waals surface area contributed by atoms with Crippen LogP contribution in [0.2, 0.25) is 0 Å². The fourth-order valence-corrected chi connectivity index (χ4v) is 6.80. The van der Waals surface area contributed by atoms with Gasteiger partial charge >= 0.3 is 0 Å². The molecule has 0 amide bonds. The van der Waals surface area contributed by atoms with Crippen molar-refractivity contribution in [2.45, 2.75) is 19.6 Å². The molecule has 0 saturated carbocycles. The first kappa shape index (κ1) is 54.1. The first-order valence-electron chi connectivity index (χ1n) is 23.3. The van der Waals surface area contributed by atoms with Crippen LogP contribution in [0.5, 0.6) is 0 Å². The molecule has 0 bridgehead atoms. The lowest BCUT2D eigenvalue weighted by atomic mass is 10.0. The van der Waals surface area contributed by atoms with E-state index < -0.39 is 0 Å². The number of benzene rings is 1. The zero-order chi connectivity index (χ0) is 43.8. The molecule has 0 spiro atoms. The number of hydrogen-bond donors (Lipinski definition) is 0. The van der Waals surface area contributed by atoms with E-state index in [1.165, 1.54) is 16.7 Å². The molecule has 3 saturated heterocycles. The summed E-state index contributed by atoms with van der Waals surface area (Å²) in [4.78, 5) is 7.22. The van der Waals surface area contributed by atoms with Crippen molar-refractivity contribution in [1.82, 2.24) is 14.7 Å². The maximum atomic E-state index is 6.02. The molecule has 1 aromatic rings. The minimum absolute atomic E-state index is 0.529. The Bertz CT molecular complexity index is 977. The van der Waals surface area contributed by atoms with Gasteiger partial charge < -0.3 is 71.1 Å². The summed E-state index contributed by atoms with van der Waals surface area (Å²) in [6, 6.07) is 7.02. The van der Waals surface area contributed by atoms with E-state index in [4.69, 9.17) is 71.1 Å². The van der Waals surface area contributed by atoms with Crippen LogP contribution >= 0.6 is 0 Å². The molecule has 3 aliphatic heterocycles. The van der Waals surface area contributed by atoms with Crippen LogP contribution in [-0.4, -0.2) is 252 Å². The number of hydrogen-bond acceptors (Lipinski definition) is 18. The molecule has 0 N–H and O–H groups in total. The third-order valence-electron chi connectivity index (χ3n) is 10.1. The number of nitrogens with zero attached hydrogens (tertiary/aromatic N) is 3. The summed E-state index contributed by atoms with van der Waals surface area (Å²) in [5.41, 5.74) is 3.70. The van der Waals surface area contributed by atoms with Gasteiger partial charge in [0, 0.05) is 58.9 Å². The maximum absolute atomic E-state index is 6.02. The number of rotatable bonds is 6. The molecule has 366 valence electrons. The third-order valence-corrected chi connectivity index (χ3v) is 10.1. The van der Waals surface area contributed by atoms with Crippen LogP contribution in [0.3, 0.4) is 0 Å². The lowest BCUT2D eigenvalue weighted by Crippen LogP contribution is -2.33. The van der Waals surface area contributed by atoms with Crippen molar-refractivity contribution >= 4 is 0 Å². The molecule has 0 atom stereocenters. The van der Waals surface area contributed by atoms with Crippen LogP contribution in [0, 0.1) is 0 Å². The van der Waals surface area contributed by atoms with Gasteiger partial charge in [-0.25, -0.2) is 0 Å². The summed E-state index contributed by atoms with van der Waals surface area (Å²) in [7, 11) is 0. The van der Waals surface area contributed by atoms with Gasteiger partial charge in [-0.15, -0.1) is 0 Å². The number of ether oxygens (including phenoxy) is 15. The van der Waals surface area contributed by atoms with Crippen molar-refractivity contribution in [3.63, 3.8) is 0 Å². The van der Waals surface area contributed by atoms with E-state index in [1.807, 2.05) is 0 Å². The molecule has 3 fully saturated rings. The topological polar surface area (TPSA) is 148 Å². The second-order valence-corrected chi connectivity index (χ2v) is 15.2. The molecule has 0 aromatic heterocycles. The van der Waals surface area contributed by atoms with Crippen LogP contribution in [0.25, 0.3) is 0 Å². The van der Waals surface area contributed by atoms with Crippen LogP contribution in [-0.2, 0) is 90.7 Å². The Hall–Kier alpha value is -1.50. The van der Waals surface area contributed by atoms with Crippen LogP contribution in [0.1, 0.15) is 16.7 Å². The second-order valence-electron chi connectivity index (χ2n) is 15.2. The van der Waals surface area contributed by atoms with Gasteiger partial charge in [-0.1, -0.05) is 18.2 Å².